The molecule has 4 heteroatoms. The van der Waals surface area contributed by atoms with Crippen LogP contribution in [0.25, 0.3) is 0 Å². The SMILES string of the molecule is O=Cc1cc(CC2CO2)ccc1OCC1CO1. The second kappa shape index (κ2) is 4.47. The van der Waals surface area contributed by atoms with Crippen molar-refractivity contribution in [3.63, 3.8) is 0 Å². The predicted molar refractivity (Wildman–Crippen MR) is 60.5 cm³/mol. The number of benzene rings is 1. The highest BCUT2D eigenvalue weighted by Crippen LogP contribution is 2.23. The lowest BCUT2D eigenvalue weighted by atomic mass is 10.1. The molecule has 3 rings (SSSR count). The first-order valence-corrected chi connectivity index (χ1v) is 5.79. The first-order chi connectivity index (χ1) is 8.35. The first-order valence-electron chi connectivity index (χ1n) is 5.79. The summed E-state index contributed by atoms with van der Waals surface area (Å²) < 4.78 is 15.8. The summed E-state index contributed by atoms with van der Waals surface area (Å²) in [5, 5.41) is 0. The van der Waals surface area contributed by atoms with Crippen LogP contribution in [-0.2, 0) is 15.9 Å². The standard InChI is InChI=1S/C13H14O4/c14-5-10-3-9(4-11-6-15-11)1-2-13(10)17-8-12-7-16-12/h1-3,5,11-12H,4,6-8H2. The highest BCUT2D eigenvalue weighted by molar-refractivity contribution is 5.79. The number of hydrogen-bond donors (Lipinski definition) is 0. The van der Waals surface area contributed by atoms with Crippen LogP contribution in [0.2, 0.25) is 0 Å². The number of aldehydes is 1. The fourth-order valence-corrected chi connectivity index (χ4v) is 1.74. The molecule has 0 aliphatic carbocycles. The van der Waals surface area contributed by atoms with E-state index in [4.69, 9.17) is 14.2 Å². The third kappa shape index (κ3) is 2.84. The molecule has 2 saturated heterocycles. The van der Waals surface area contributed by atoms with Crippen LogP contribution in [0, 0.1) is 0 Å². The maximum absolute atomic E-state index is 11.0. The maximum atomic E-state index is 11.0. The van der Waals surface area contributed by atoms with Crippen LogP contribution in [0.15, 0.2) is 18.2 Å². The molecule has 0 radical (unpaired) electrons. The fourth-order valence-electron chi connectivity index (χ4n) is 1.74. The smallest absolute Gasteiger partial charge is 0.153 e. The number of carbonyl (C=O) groups is 1. The fraction of sp³-hybridized carbons (Fsp3) is 0.462. The lowest BCUT2D eigenvalue weighted by Crippen LogP contribution is -2.06. The van der Waals surface area contributed by atoms with Gasteiger partial charge in [0.25, 0.3) is 0 Å². The lowest BCUT2D eigenvalue weighted by molar-refractivity contribution is 0.111. The van der Waals surface area contributed by atoms with Crippen LogP contribution in [0.1, 0.15) is 15.9 Å². The van der Waals surface area contributed by atoms with E-state index in [1.165, 1.54) is 0 Å². The Bertz CT molecular complexity index is 421. The maximum Gasteiger partial charge on any atom is 0.153 e. The Balaban J connectivity index is 1.69. The van der Waals surface area contributed by atoms with Gasteiger partial charge in [-0.1, -0.05) is 6.07 Å². The molecule has 2 unspecified atom stereocenters. The van der Waals surface area contributed by atoms with Gasteiger partial charge in [0.05, 0.1) is 24.9 Å². The van der Waals surface area contributed by atoms with E-state index in [2.05, 4.69) is 0 Å². The van der Waals surface area contributed by atoms with Crippen molar-refractivity contribution in [1.82, 2.24) is 0 Å². The molecule has 17 heavy (non-hydrogen) atoms. The van der Waals surface area contributed by atoms with E-state index in [0.717, 1.165) is 31.5 Å². The topological polar surface area (TPSA) is 51.4 Å². The van der Waals surface area contributed by atoms with Crippen LogP contribution in [-0.4, -0.2) is 38.3 Å². The summed E-state index contributed by atoms with van der Waals surface area (Å²) in [5.41, 5.74) is 1.72. The van der Waals surface area contributed by atoms with Gasteiger partial charge in [-0.05, 0) is 17.7 Å². The van der Waals surface area contributed by atoms with E-state index in [1.807, 2.05) is 18.2 Å². The molecule has 0 saturated carbocycles. The van der Waals surface area contributed by atoms with Gasteiger partial charge >= 0.3 is 0 Å². The van der Waals surface area contributed by atoms with Gasteiger partial charge in [0.15, 0.2) is 6.29 Å². The molecule has 0 N–H and O–H groups in total. The predicted octanol–water partition coefficient (Wildman–Crippen LogP) is 1.22. The zero-order valence-electron chi connectivity index (χ0n) is 9.43. The Hall–Kier alpha value is -1.39. The molecule has 2 aliphatic rings. The molecule has 0 spiro atoms. The highest BCUT2D eigenvalue weighted by atomic mass is 16.6. The Kier molecular flexibility index (Phi) is 2.82. The molecule has 0 bridgehead atoms. The molecular weight excluding hydrogens is 220 g/mol. The number of ether oxygens (including phenoxy) is 3. The van der Waals surface area contributed by atoms with Gasteiger partial charge in [-0.25, -0.2) is 0 Å². The van der Waals surface area contributed by atoms with E-state index in [1.54, 1.807) is 0 Å². The van der Waals surface area contributed by atoms with E-state index in [9.17, 15) is 4.79 Å². The summed E-state index contributed by atoms with van der Waals surface area (Å²) in [6.45, 7) is 2.10. The van der Waals surface area contributed by atoms with Crippen molar-refractivity contribution in [2.24, 2.45) is 0 Å². The minimum Gasteiger partial charge on any atom is -0.490 e. The summed E-state index contributed by atoms with van der Waals surface area (Å²) in [7, 11) is 0. The molecule has 0 amide bonds. The molecular formula is C13H14O4. The average Bonchev–Trinajstić information content (AvgIpc) is 3.21. The molecule has 90 valence electrons. The summed E-state index contributed by atoms with van der Waals surface area (Å²) in [6.07, 6.45) is 2.24. The van der Waals surface area contributed by atoms with Crippen molar-refractivity contribution in [2.45, 2.75) is 18.6 Å². The van der Waals surface area contributed by atoms with Crippen molar-refractivity contribution < 1.29 is 19.0 Å². The average molecular weight is 234 g/mol. The molecule has 2 fully saturated rings. The van der Waals surface area contributed by atoms with Gasteiger partial charge in [0.2, 0.25) is 0 Å². The van der Waals surface area contributed by atoms with Crippen molar-refractivity contribution in [3.05, 3.63) is 29.3 Å². The van der Waals surface area contributed by atoms with Gasteiger partial charge in [-0.3, -0.25) is 4.79 Å². The zero-order chi connectivity index (χ0) is 11.7. The molecule has 1 aromatic carbocycles. The second-order valence-electron chi connectivity index (χ2n) is 4.42. The van der Waals surface area contributed by atoms with Gasteiger partial charge < -0.3 is 14.2 Å². The minimum atomic E-state index is 0.203. The van der Waals surface area contributed by atoms with E-state index < -0.39 is 0 Å². The molecule has 0 aromatic heterocycles. The monoisotopic (exact) mass is 234 g/mol. The van der Waals surface area contributed by atoms with Crippen LogP contribution in [0.4, 0.5) is 0 Å². The van der Waals surface area contributed by atoms with Gasteiger partial charge in [0, 0.05) is 6.42 Å². The summed E-state index contributed by atoms with van der Waals surface area (Å²) >= 11 is 0. The summed E-state index contributed by atoms with van der Waals surface area (Å²) in [4.78, 5) is 11.0. The number of carbonyl (C=O) groups excluding carboxylic acids is 1. The van der Waals surface area contributed by atoms with Crippen LogP contribution in [0.3, 0.4) is 0 Å². The number of rotatable bonds is 6. The normalized spacial score (nSPS) is 25.4. The molecule has 2 heterocycles. The lowest BCUT2D eigenvalue weighted by Gasteiger charge is -2.08. The molecule has 1 aromatic rings. The summed E-state index contributed by atoms with van der Waals surface area (Å²) in [5.74, 6) is 0.635. The van der Waals surface area contributed by atoms with Crippen molar-refractivity contribution >= 4 is 6.29 Å². The van der Waals surface area contributed by atoms with Crippen molar-refractivity contribution in [2.75, 3.05) is 19.8 Å². The first kappa shape index (κ1) is 10.7. The zero-order valence-corrected chi connectivity index (χ0v) is 9.43. The second-order valence-corrected chi connectivity index (χ2v) is 4.42. The molecule has 2 atom stereocenters. The summed E-state index contributed by atoms with van der Waals surface area (Å²) in [6, 6.07) is 5.71. The van der Waals surface area contributed by atoms with Crippen LogP contribution >= 0.6 is 0 Å². The molecule has 4 nitrogen and oxygen atoms in total. The van der Waals surface area contributed by atoms with Crippen LogP contribution in [0.5, 0.6) is 5.75 Å². The van der Waals surface area contributed by atoms with Gasteiger partial charge in [0.1, 0.15) is 18.5 Å². The van der Waals surface area contributed by atoms with E-state index in [-0.39, 0.29) is 6.10 Å². The van der Waals surface area contributed by atoms with Gasteiger partial charge in [-0.2, -0.15) is 0 Å². The van der Waals surface area contributed by atoms with Crippen LogP contribution < -0.4 is 4.74 Å². The van der Waals surface area contributed by atoms with Gasteiger partial charge in [-0.15, -0.1) is 0 Å². The number of hydrogen-bond acceptors (Lipinski definition) is 4. The third-order valence-electron chi connectivity index (χ3n) is 2.89. The molecule has 2 aliphatic heterocycles. The Morgan fingerprint density at radius 2 is 2.06 bits per heavy atom. The Morgan fingerprint density at radius 1 is 1.29 bits per heavy atom. The third-order valence-corrected chi connectivity index (χ3v) is 2.89. The quantitative estimate of drug-likeness (QED) is 0.548. The highest BCUT2D eigenvalue weighted by Gasteiger charge is 2.24. The largest absolute Gasteiger partial charge is 0.490 e. The minimum absolute atomic E-state index is 0.203. The van der Waals surface area contributed by atoms with Crippen molar-refractivity contribution in [1.29, 1.82) is 0 Å². The van der Waals surface area contributed by atoms with Crippen molar-refractivity contribution in [3.8, 4) is 5.75 Å². The Labute approximate surface area is 99.5 Å². The Morgan fingerprint density at radius 3 is 2.71 bits per heavy atom. The number of epoxide rings is 2. The van der Waals surface area contributed by atoms with E-state index in [0.29, 0.717) is 24.0 Å². The van der Waals surface area contributed by atoms with E-state index >= 15 is 0 Å².